The molecule has 2 nitrogen and oxygen atoms in total. The largest absolute Gasteiger partial charge is 0.465 e. The van der Waals surface area contributed by atoms with E-state index >= 15 is 0 Å². The van der Waals surface area contributed by atoms with Gasteiger partial charge in [0, 0.05) is 6.42 Å². The maximum atomic E-state index is 10.9. The summed E-state index contributed by atoms with van der Waals surface area (Å²) < 4.78 is 4.93. The van der Waals surface area contributed by atoms with Crippen molar-refractivity contribution in [3.05, 3.63) is 12.2 Å². The third-order valence-corrected chi connectivity index (χ3v) is 1.72. The quantitative estimate of drug-likeness (QED) is 0.394. The van der Waals surface area contributed by atoms with Gasteiger partial charge in [-0.1, -0.05) is 12.2 Å². The summed E-state index contributed by atoms with van der Waals surface area (Å²) >= 11 is 0. The van der Waals surface area contributed by atoms with Gasteiger partial charge in [-0.3, -0.25) is 4.79 Å². The summed E-state index contributed by atoms with van der Waals surface area (Å²) in [5, 5.41) is 0. The minimum Gasteiger partial charge on any atom is -0.465 e. The van der Waals surface area contributed by atoms with Gasteiger partial charge in [-0.15, -0.1) is 0 Å². The summed E-state index contributed by atoms with van der Waals surface area (Å²) in [5.74, 6) is -0.0414. The highest BCUT2D eigenvalue weighted by atomic mass is 16.5. The van der Waals surface area contributed by atoms with Crippen LogP contribution in [0.4, 0.5) is 0 Å². The van der Waals surface area contributed by atoms with Crippen molar-refractivity contribution in [1.29, 1.82) is 0 Å². The molecule has 0 aromatic heterocycles. The van der Waals surface area contributed by atoms with E-state index in [0.29, 0.717) is 13.0 Å². The Morgan fingerprint density at radius 2 is 2.00 bits per heavy atom. The zero-order valence-corrected chi connectivity index (χ0v) is 6.71. The van der Waals surface area contributed by atoms with Crippen LogP contribution in [0.1, 0.15) is 32.1 Å². The van der Waals surface area contributed by atoms with E-state index in [0.717, 1.165) is 25.7 Å². The number of carbonyl (C=O) groups excluding carboxylic acids is 1. The number of cyclic esters (lactones) is 1. The Morgan fingerprint density at radius 3 is 2.91 bits per heavy atom. The maximum Gasteiger partial charge on any atom is 0.305 e. The molecule has 0 amide bonds. The van der Waals surface area contributed by atoms with Gasteiger partial charge in [-0.05, 0) is 25.7 Å². The number of carbonyl (C=O) groups is 1. The summed E-state index contributed by atoms with van der Waals surface area (Å²) in [6.07, 6.45) is 8.87. The maximum absolute atomic E-state index is 10.9. The third kappa shape index (κ3) is 3.81. The van der Waals surface area contributed by atoms with Crippen LogP contribution in [0.15, 0.2) is 12.2 Å². The second kappa shape index (κ2) is 4.94. The van der Waals surface area contributed by atoms with Crippen LogP contribution >= 0.6 is 0 Å². The van der Waals surface area contributed by atoms with E-state index in [-0.39, 0.29) is 5.97 Å². The molecule has 0 atom stereocenters. The van der Waals surface area contributed by atoms with Crippen molar-refractivity contribution in [2.24, 2.45) is 0 Å². The molecule has 0 radical (unpaired) electrons. The van der Waals surface area contributed by atoms with Crippen LogP contribution in [0.5, 0.6) is 0 Å². The fourth-order valence-corrected chi connectivity index (χ4v) is 1.08. The SMILES string of the molecule is O=C1CCCC/C=C/CCO1. The van der Waals surface area contributed by atoms with Gasteiger partial charge in [0.2, 0.25) is 0 Å². The molecule has 11 heavy (non-hydrogen) atoms. The molecule has 0 N–H and O–H groups in total. The van der Waals surface area contributed by atoms with Crippen molar-refractivity contribution in [3.63, 3.8) is 0 Å². The number of hydrogen-bond donors (Lipinski definition) is 0. The number of hydrogen-bond acceptors (Lipinski definition) is 2. The first-order valence-electron chi connectivity index (χ1n) is 4.20. The topological polar surface area (TPSA) is 26.3 Å². The molecule has 1 rings (SSSR count). The van der Waals surface area contributed by atoms with E-state index in [2.05, 4.69) is 12.2 Å². The second-order valence-electron chi connectivity index (χ2n) is 2.73. The van der Waals surface area contributed by atoms with Gasteiger partial charge in [0.05, 0.1) is 6.61 Å². The lowest BCUT2D eigenvalue weighted by molar-refractivity contribution is -0.143. The summed E-state index contributed by atoms with van der Waals surface area (Å²) in [6, 6.07) is 0. The average Bonchev–Trinajstić information content (AvgIpc) is 2.03. The van der Waals surface area contributed by atoms with Crippen LogP contribution in [0, 0.1) is 0 Å². The lowest BCUT2D eigenvalue weighted by Gasteiger charge is -2.04. The molecule has 1 aliphatic rings. The molecule has 1 aliphatic heterocycles. The zero-order chi connectivity index (χ0) is 7.94. The van der Waals surface area contributed by atoms with Crippen LogP contribution in [0.25, 0.3) is 0 Å². The molecular weight excluding hydrogens is 140 g/mol. The normalized spacial score (nSPS) is 23.8. The first-order chi connectivity index (χ1) is 5.39. The Hall–Kier alpha value is -0.790. The summed E-state index contributed by atoms with van der Waals surface area (Å²) in [6.45, 7) is 0.551. The molecule has 0 saturated carbocycles. The van der Waals surface area contributed by atoms with Crippen molar-refractivity contribution in [2.75, 3.05) is 6.61 Å². The molecule has 0 bridgehead atoms. The van der Waals surface area contributed by atoms with E-state index in [1.165, 1.54) is 0 Å². The summed E-state index contributed by atoms with van der Waals surface area (Å²) in [5.41, 5.74) is 0. The summed E-state index contributed by atoms with van der Waals surface area (Å²) in [7, 11) is 0. The minimum atomic E-state index is -0.0414. The Kier molecular flexibility index (Phi) is 3.73. The molecule has 0 aliphatic carbocycles. The van der Waals surface area contributed by atoms with Gasteiger partial charge in [-0.2, -0.15) is 0 Å². The highest BCUT2D eigenvalue weighted by Crippen LogP contribution is 2.04. The highest BCUT2D eigenvalue weighted by molar-refractivity contribution is 5.69. The van der Waals surface area contributed by atoms with Crippen LogP contribution < -0.4 is 0 Å². The van der Waals surface area contributed by atoms with Gasteiger partial charge in [0.1, 0.15) is 0 Å². The van der Waals surface area contributed by atoms with Gasteiger partial charge in [-0.25, -0.2) is 0 Å². The third-order valence-electron chi connectivity index (χ3n) is 1.72. The minimum absolute atomic E-state index is 0.0414. The van der Waals surface area contributed by atoms with Crippen molar-refractivity contribution in [2.45, 2.75) is 32.1 Å². The van der Waals surface area contributed by atoms with Crippen LogP contribution in [0.3, 0.4) is 0 Å². The molecule has 0 unspecified atom stereocenters. The molecule has 1 heterocycles. The Morgan fingerprint density at radius 1 is 1.18 bits per heavy atom. The van der Waals surface area contributed by atoms with Gasteiger partial charge >= 0.3 is 5.97 Å². The van der Waals surface area contributed by atoms with Gasteiger partial charge in [0.15, 0.2) is 0 Å². The van der Waals surface area contributed by atoms with Crippen molar-refractivity contribution in [1.82, 2.24) is 0 Å². The van der Waals surface area contributed by atoms with E-state index in [4.69, 9.17) is 4.74 Å². The van der Waals surface area contributed by atoms with E-state index in [1.54, 1.807) is 0 Å². The highest BCUT2D eigenvalue weighted by Gasteiger charge is 2.01. The predicted octanol–water partition coefficient (Wildman–Crippen LogP) is 2.05. The molecule has 0 fully saturated rings. The van der Waals surface area contributed by atoms with Crippen molar-refractivity contribution in [3.8, 4) is 0 Å². The van der Waals surface area contributed by atoms with Crippen molar-refractivity contribution >= 4 is 5.97 Å². The first-order valence-corrected chi connectivity index (χ1v) is 4.20. The number of ether oxygens (including phenoxy) is 1. The summed E-state index contributed by atoms with van der Waals surface area (Å²) in [4.78, 5) is 10.9. The predicted molar refractivity (Wildman–Crippen MR) is 43.2 cm³/mol. The van der Waals surface area contributed by atoms with E-state index in [1.807, 2.05) is 0 Å². The van der Waals surface area contributed by atoms with Crippen molar-refractivity contribution < 1.29 is 9.53 Å². The molecule has 2 heteroatoms. The second-order valence-corrected chi connectivity index (χ2v) is 2.73. The Labute approximate surface area is 67.2 Å². The van der Waals surface area contributed by atoms with Gasteiger partial charge in [0.25, 0.3) is 0 Å². The fraction of sp³-hybridized carbons (Fsp3) is 0.667. The lowest BCUT2D eigenvalue weighted by Crippen LogP contribution is -2.05. The zero-order valence-electron chi connectivity index (χ0n) is 6.71. The molecule has 0 aromatic rings. The molecule has 0 spiro atoms. The molecule has 62 valence electrons. The number of rotatable bonds is 0. The van der Waals surface area contributed by atoms with E-state index < -0.39 is 0 Å². The standard InChI is InChI=1S/C9H14O2/c10-9-7-5-3-1-2-4-6-8-11-9/h2,4H,1,3,5-8H2/b4-2+. The van der Waals surface area contributed by atoms with Gasteiger partial charge < -0.3 is 4.74 Å². The van der Waals surface area contributed by atoms with Crippen LogP contribution in [-0.2, 0) is 9.53 Å². The lowest BCUT2D eigenvalue weighted by atomic mass is 10.1. The van der Waals surface area contributed by atoms with Crippen LogP contribution in [0.2, 0.25) is 0 Å². The monoisotopic (exact) mass is 154 g/mol. The molecular formula is C9H14O2. The fourth-order valence-electron chi connectivity index (χ4n) is 1.08. The first kappa shape index (κ1) is 8.31. The molecule has 0 saturated heterocycles. The number of allylic oxidation sites excluding steroid dienone is 1. The van der Waals surface area contributed by atoms with E-state index in [9.17, 15) is 4.79 Å². The average molecular weight is 154 g/mol. The van der Waals surface area contributed by atoms with Crippen LogP contribution in [-0.4, -0.2) is 12.6 Å². The smallest absolute Gasteiger partial charge is 0.305 e. The molecule has 0 aromatic carbocycles. The Balaban J connectivity index is 2.28. The number of esters is 1. The Bertz CT molecular complexity index is 150.